The minimum absolute atomic E-state index is 0.0917. The van der Waals surface area contributed by atoms with E-state index in [-0.39, 0.29) is 18.5 Å². The molecule has 2 aliphatic heterocycles. The number of rotatable bonds is 6. The molecule has 0 aliphatic carbocycles. The van der Waals surface area contributed by atoms with Crippen LogP contribution in [0.5, 0.6) is 0 Å². The molecule has 2 atom stereocenters. The van der Waals surface area contributed by atoms with E-state index in [0.29, 0.717) is 16.9 Å². The Bertz CT molecular complexity index is 1540. The lowest BCUT2D eigenvalue weighted by molar-refractivity contribution is -0.128. The number of benzene rings is 3. The van der Waals surface area contributed by atoms with Gasteiger partial charge in [-0.1, -0.05) is 77.5 Å². The van der Waals surface area contributed by atoms with Gasteiger partial charge in [-0.3, -0.25) is 19.3 Å². The molecule has 0 unspecified atom stereocenters. The number of fused-ring (bicyclic) bond motifs is 1. The van der Waals surface area contributed by atoms with E-state index < -0.39 is 17.7 Å². The Morgan fingerprint density at radius 2 is 1.65 bits per heavy atom. The van der Waals surface area contributed by atoms with Gasteiger partial charge in [-0.2, -0.15) is 0 Å². The van der Waals surface area contributed by atoms with E-state index in [2.05, 4.69) is 10.3 Å². The second-order valence-corrected chi connectivity index (χ2v) is 9.18. The van der Waals surface area contributed by atoms with Crippen molar-refractivity contribution in [2.24, 2.45) is 0 Å². The van der Waals surface area contributed by atoms with Gasteiger partial charge in [0.2, 0.25) is 0 Å². The molecule has 0 bridgehead atoms. The van der Waals surface area contributed by atoms with E-state index in [1.54, 1.807) is 27.9 Å². The van der Waals surface area contributed by atoms with E-state index in [1.807, 2.05) is 85.8 Å². The highest BCUT2D eigenvalue weighted by molar-refractivity contribution is 6.52. The molecule has 4 aromatic rings. The Kier molecular flexibility index (Phi) is 5.49. The van der Waals surface area contributed by atoms with Gasteiger partial charge < -0.3 is 4.90 Å². The molecular formula is C29H23N5O3. The van der Waals surface area contributed by atoms with Crippen molar-refractivity contribution in [3.05, 3.63) is 114 Å². The Balaban J connectivity index is 1.28. The quantitative estimate of drug-likeness (QED) is 0.302. The number of aromatic nitrogens is 3. The third kappa shape index (κ3) is 3.92. The molecule has 6 rings (SSSR count). The first-order valence-electron chi connectivity index (χ1n) is 12.0. The second-order valence-electron chi connectivity index (χ2n) is 9.18. The van der Waals surface area contributed by atoms with Gasteiger partial charge in [0.1, 0.15) is 5.69 Å². The lowest BCUT2D eigenvalue weighted by Gasteiger charge is -2.45. The lowest BCUT2D eigenvalue weighted by Crippen LogP contribution is -2.61. The Hall–Kier alpha value is -4.85. The van der Waals surface area contributed by atoms with Crippen LogP contribution in [0.25, 0.3) is 6.08 Å². The number of carbonyl (C=O) groups excluding carboxylic acids is 3. The number of carbonyl (C=O) groups is 3. The van der Waals surface area contributed by atoms with Crippen molar-refractivity contribution in [1.29, 1.82) is 0 Å². The van der Waals surface area contributed by atoms with Crippen LogP contribution in [0.4, 0.5) is 11.4 Å². The van der Waals surface area contributed by atoms with Gasteiger partial charge in [-0.15, -0.1) is 5.10 Å². The molecule has 8 heteroatoms. The second kappa shape index (κ2) is 8.98. The number of Topliss-reactive ketones (excluding diaryl/α,β-unsaturated/α-hetero) is 1. The highest BCUT2D eigenvalue weighted by Crippen LogP contribution is 2.37. The summed E-state index contributed by atoms with van der Waals surface area (Å²) >= 11 is 0. The summed E-state index contributed by atoms with van der Waals surface area (Å²) in [5.74, 6) is -1.21. The molecule has 0 N–H and O–H groups in total. The molecule has 1 aromatic heterocycles. The van der Waals surface area contributed by atoms with Gasteiger partial charge in [0.15, 0.2) is 6.04 Å². The molecular weight excluding hydrogens is 466 g/mol. The van der Waals surface area contributed by atoms with Crippen LogP contribution in [-0.4, -0.2) is 38.6 Å². The molecule has 182 valence electrons. The zero-order valence-electron chi connectivity index (χ0n) is 20.1. The maximum Gasteiger partial charge on any atom is 0.299 e. The van der Waals surface area contributed by atoms with Crippen LogP contribution in [0.2, 0.25) is 0 Å². The van der Waals surface area contributed by atoms with E-state index >= 15 is 0 Å². The average molecular weight is 490 g/mol. The number of anilines is 2. The topological polar surface area (TPSA) is 88.4 Å². The predicted octanol–water partition coefficient (Wildman–Crippen LogP) is 3.99. The van der Waals surface area contributed by atoms with Gasteiger partial charge in [0.05, 0.1) is 30.0 Å². The van der Waals surface area contributed by atoms with E-state index in [4.69, 9.17) is 0 Å². The first kappa shape index (κ1) is 22.6. The summed E-state index contributed by atoms with van der Waals surface area (Å²) in [6.07, 6.45) is 5.67. The van der Waals surface area contributed by atoms with Gasteiger partial charge in [-0.05, 0) is 36.8 Å². The molecule has 3 aromatic carbocycles. The van der Waals surface area contributed by atoms with E-state index in [0.717, 1.165) is 16.8 Å². The fourth-order valence-corrected chi connectivity index (χ4v) is 4.87. The fourth-order valence-electron chi connectivity index (χ4n) is 4.87. The highest BCUT2D eigenvalue weighted by Gasteiger charge is 2.49. The van der Waals surface area contributed by atoms with Crippen molar-refractivity contribution in [2.45, 2.75) is 25.6 Å². The Morgan fingerprint density at radius 1 is 0.919 bits per heavy atom. The molecule has 3 heterocycles. The average Bonchev–Trinajstić information content (AvgIpc) is 3.46. The molecule has 2 aliphatic rings. The Labute approximate surface area is 213 Å². The molecule has 0 radical (unpaired) electrons. The predicted molar refractivity (Wildman–Crippen MR) is 139 cm³/mol. The Morgan fingerprint density at radius 3 is 2.41 bits per heavy atom. The number of para-hydroxylation sites is 1. The molecule has 0 saturated carbocycles. The number of β-lactam (4-membered cyclic amide) rings is 1. The van der Waals surface area contributed by atoms with Crippen LogP contribution in [0.1, 0.15) is 33.2 Å². The number of amides is 2. The van der Waals surface area contributed by atoms with Gasteiger partial charge in [0, 0.05) is 5.69 Å². The largest absolute Gasteiger partial charge is 0.301 e. The maximum atomic E-state index is 13.3. The first-order valence-corrected chi connectivity index (χ1v) is 12.0. The zero-order valence-corrected chi connectivity index (χ0v) is 20.1. The van der Waals surface area contributed by atoms with Crippen LogP contribution in [-0.2, 0) is 16.1 Å². The molecule has 37 heavy (non-hydrogen) atoms. The normalized spacial score (nSPS) is 19.0. The standard InChI is InChI=1S/C29H23N5O3/c1-19-12-14-24-23(16-19)27(35)29(37)32(24)17-21-18-33(31-30-21)26-25(15-13-20-8-4-2-5-9-20)34(28(26)36)22-10-6-3-7-11-22/h2-16,18,25-26H,17H2,1H3/b15-13+/t25-,26+/m1/s1. The van der Waals surface area contributed by atoms with E-state index in [1.165, 1.54) is 4.90 Å². The van der Waals surface area contributed by atoms with Gasteiger partial charge >= 0.3 is 0 Å². The van der Waals surface area contributed by atoms with Crippen molar-refractivity contribution in [2.75, 3.05) is 9.80 Å². The minimum atomic E-state index is -0.589. The third-order valence-corrected chi connectivity index (χ3v) is 6.72. The smallest absolute Gasteiger partial charge is 0.299 e. The molecule has 8 nitrogen and oxygen atoms in total. The van der Waals surface area contributed by atoms with Crippen molar-refractivity contribution in [3.63, 3.8) is 0 Å². The highest BCUT2D eigenvalue weighted by atomic mass is 16.2. The summed E-state index contributed by atoms with van der Waals surface area (Å²) in [5.41, 5.74) is 4.20. The summed E-state index contributed by atoms with van der Waals surface area (Å²) < 4.78 is 1.55. The van der Waals surface area contributed by atoms with Crippen LogP contribution in [0, 0.1) is 6.92 Å². The third-order valence-electron chi connectivity index (χ3n) is 6.72. The van der Waals surface area contributed by atoms with Crippen LogP contribution < -0.4 is 9.80 Å². The number of hydrogen-bond acceptors (Lipinski definition) is 5. The van der Waals surface area contributed by atoms with Crippen molar-refractivity contribution < 1.29 is 14.4 Å². The number of hydrogen-bond donors (Lipinski definition) is 0. The number of aryl methyl sites for hydroxylation is 1. The molecule has 1 fully saturated rings. The summed E-state index contributed by atoms with van der Waals surface area (Å²) in [5, 5.41) is 8.47. The summed E-state index contributed by atoms with van der Waals surface area (Å²) in [6, 6.07) is 23.9. The van der Waals surface area contributed by atoms with Crippen LogP contribution >= 0.6 is 0 Å². The lowest BCUT2D eigenvalue weighted by atomic mass is 9.92. The van der Waals surface area contributed by atoms with Gasteiger partial charge in [-0.25, -0.2) is 4.68 Å². The maximum absolute atomic E-state index is 13.3. The minimum Gasteiger partial charge on any atom is -0.301 e. The fraction of sp³-hybridized carbons (Fsp3) is 0.138. The first-order chi connectivity index (χ1) is 18.0. The molecule has 1 saturated heterocycles. The SMILES string of the molecule is Cc1ccc2c(c1)C(=O)C(=O)N2Cc1cn([C@@H]2C(=O)N(c3ccccc3)[C@@H]2/C=C/c2ccccc2)nn1. The van der Waals surface area contributed by atoms with Crippen LogP contribution in [0.15, 0.2) is 91.1 Å². The van der Waals surface area contributed by atoms with Crippen molar-refractivity contribution >= 4 is 35.0 Å². The molecule has 0 spiro atoms. The summed E-state index contributed by atoms with van der Waals surface area (Å²) in [4.78, 5) is 41.6. The van der Waals surface area contributed by atoms with Crippen LogP contribution in [0.3, 0.4) is 0 Å². The summed E-state index contributed by atoms with van der Waals surface area (Å²) in [7, 11) is 0. The van der Waals surface area contributed by atoms with Crippen molar-refractivity contribution in [1.82, 2.24) is 15.0 Å². The zero-order chi connectivity index (χ0) is 25.5. The van der Waals surface area contributed by atoms with Gasteiger partial charge in [0.25, 0.3) is 17.6 Å². The summed E-state index contributed by atoms with van der Waals surface area (Å²) in [6.45, 7) is 1.97. The molecule has 2 amide bonds. The number of nitrogens with zero attached hydrogens (tertiary/aromatic N) is 5. The van der Waals surface area contributed by atoms with E-state index in [9.17, 15) is 14.4 Å². The van der Waals surface area contributed by atoms with Crippen molar-refractivity contribution in [3.8, 4) is 0 Å². The number of ketones is 1. The monoisotopic (exact) mass is 489 g/mol.